The zero-order valence-corrected chi connectivity index (χ0v) is 11.0. The van der Waals surface area contributed by atoms with Crippen LogP contribution in [0, 0.1) is 5.92 Å². The summed E-state index contributed by atoms with van der Waals surface area (Å²) in [5.74, 6) is -0.969. The minimum Gasteiger partial charge on any atom is -0.481 e. The van der Waals surface area contributed by atoms with Gasteiger partial charge in [-0.25, -0.2) is 0 Å². The second kappa shape index (κ2) is 6.18. The third-order valence-electron chi connectivity index (χ3n) is 2.87. The fourth-order valence-electron chi connectivity index (χ4n) is 1.61. The molecule has 0 saturated heterocycles. The summed E-state index contributed by atoms with van der Waals surface area (Å²) in [6.45, 7) is 3.78. The van der Waals surface area contributed by atoms with Crippen LogP contribution in [-0.2, 0) is 4.79 Å². The highest BCUT2D eigenvalue weighted by Gasteiger charge is 2.29. The lowest BCUT2D eigenvalue weighted by molar-refractivity contribution is -0.140. The molecular weight excluding hydrogens is 236 g/mol. The van der Waals surface area contributed by atoms with Gasteiger partial charge >= 0.3 is 5.97 Å². The van der Waals surface area contributed by atoms with E-state index in [2.05, 4.69) is 9.97 Å². The summed E-state index contributed by atoms with van der Waals surface area (Å²) in [4.78, 5) is 19.5. The second-order valence-electron chi connectivity index (χ2n) is 4.01. The molecule has 0 aliphatic carbocycles. The van der Waals surface area contributed by atoms with Gasteiger partial charge in [-0.3, -0.25) is 4.79 Å². The summed E-state index contributed by atoms with van der Waals surface area (Å²) in [5, 5.41) is 9.29. The van der Waals surface area contributed by atoms with E-state index < -0.39 is 11.9 Å². The minimum atomic E-state index is -0.945. The van der Waals surface area contributed by atoms with Crippen molar-refractivity contribution in [1.82, 2.24) is 9.97 Å². The lowest BCUT2D eigenvalue weighted by atomic mass is 9.91. The first-order chi connectivity index (χ1) is 8.53. The predicted molar refractivity (Wildman–Crippen MR) is 65.0 cm³/mol. The minimum absolute atomic E-state index is 0.0701. The fraction of sp³-hybridized carbons (Fsp3) is 0.583. The van der Waals surface area contributed by atoms with Crippen LogP contribution in [0.1, 0.15) is 32.0 Å². The fourth-order valence-corrected chi connectivity index (χ4v) is 1.61. The molecule has 1 aromatic heterocycles. The third-order valence-corrected chi connectivity index (χ3v) is 2.87. The Balaban J connectivity index is 3.22. The molecule has 1 heterocycles. The molecule has 1 aromatic rings. The monoisotopic (exact) mass is 254 g/mol. The van der Waals surface area contributed by atoms with Crippen molar-refractivity contribution in [3.8, 4) is 11.8 Å². The summed E-state index contributed by atoms with van der Waals surface area (Å²) < 4.78 is 10.0. The van der Waals surface area contributed by atoms with Gasteiger partial charge in [0, 0.05) is 0 Å². The summed E-state index contributed by atoms with van der Waals surface area (Å²) >= 11 is 0. The van der Waals surface area contributed by atoms with Gasteiger partial charge in [-0.1, -0.05) is 20.3 Å². The van der Waals surface area contributed by atoms with Gasteiger partial charge in [-0.15, -0.1) is 0 Å². The molecule has 0 amide bonds. The Bertz CT molecular complexity index is 400. The van der Waals surface area contributed by atoms with E-state index in [9.17, 15) is 9.90 Å². The molecule has 0 aliphatic rings. The van der Waals surface area contributed by atoms with Gasteiger partial charge in [0.15, 0.2) is 5.82 Å². The number of aliphatic carboxylic acids is 1. The molecule has 1 N–H and O–H groups in total. The molecule has 6 nitrogen and oxygen atoms in total. The number of carbonyl (C=O) groups is 1. The highest BCUT2D eigenvalue weighted by Crippen LogP contribution is 2.27. The highest BCUT2D eigenvalue weighted by molar-refractivity contribution is 5.75. The van der Waals surface area contributed by atoms with E-state index in [-0.39, 0.29) is 11.7 Å². The Morgan fingerprint density at radius 3 is 2.17 bits per heavy atom. The third kappa shape index (κ3) is 3.09. The summed E-state index contributed by atoms with van der Waals surface area (Å²) in [7, 11) is 2.93. The van der Waals surface area contributed by atoms with E-state index in [4.69, 9.17) is 9.47 Å². The quantitative estimate of drug-likeness (QED) is 0.832. The first-order valence-electron chi connectivity index (χ1n) is 5.73. The maximum Gasteiger partial charge on any atom is 0.314 e. The largest absolute Gasteiger partial charge is 0.481 e. The molecule has 0 spiro atoms. The van der Waals surface area contributed by atoms with E-state index in [1.54, 1.807) is 0 Å². The molecule has 1 rings (SSSR count). The average molecular weight is 254 g/mol. The van der Waals surface area contributed by atoms with Gasteiger partial charge in [0.1, 0.15) is 5.92 Å². The Morgan fingerprint density at radius 2 is 1.83 bits per heavy atom. The Labute approximate surface area is 106 Å². The Hall–Kier alpha value is -1.85. The normalized spacial score (nSPS) is 13.8. The first-order valence-corrected chi connectivity index (χ1v) is 5.73. The molecule has 2 unspecified atom stereocenters. The molecule has 0 saturated carbocycles. The molecule has 0 aliphatic heterocycles. The van der Waals surface area contributed by atoms with Crippen molar-refractivity contribution in [3.63, 3.8) is 0 Å². The van der Waals surface area contributed by atoms with Gasteiger partial charge in [0.05, 0.1) is 20.3 Å². The molecule has 0 radical (unpaired) electrons. The molecule has 2 atom stereocenters. The van der Waals surface area contributed by atoms with Gasteiger partial charge in [-0.05, 0) is 5.92 Å². The van der Waals surface area contributed by atoms with Gasteiger partial charge in [-0.2, -0.15) is 9.97 Å². The van der Waals surface area contributed by atoms with Gasteiger partial charge < -0.3 is 14.6 Å². The number of carboxylic acids is 1. The van der Waals surface area contributed by atoms with Crippen LogP contribution < -0.4 is 9.47 Å². The second-order valence-corrected chi connectivity index (χ2v) is 4.01. The van der Waals surface area contributed by atoms with Crippen molar-refractivity contribution in [2.45, 2.75) is 26.2 Å². The van der Waals surface area contributed by atoms with Crippen LogP contribution in [0.2, 0.25) is 0 Å². The summed E-state index contributed by atoms with van der Waals surface area (Å²) in [6.07, 6.45) is 0.722. The molecule has 0 aromatic carbocycles. The zero-order chi connectivity index (χ0) is 13.7. The van der Waals surface area contributed by atoms with Crippen LogP contribution in [-0.4, -0.2) is 35.3 Å². The summed E-state index contributed by atoms with van der Waals surface area (Å²) in [6, 6.07) is 1.51. The van der Waals surface area contributed by atoms with Crippen LogP contribution in [0.3, 0.4) is 0 Å². The van der Waals surface area contributed by atoms with Crippen molar-refractivity contribution in [2.75, 3.05) is 14.2 Å². The molecule has 0 fully saturated rings. The SMILES string of the molecule is CCC(C)C(C(=O)O)c1nc(OC)cc(OC)n1. The van der Waals surface area contributed by atoms with Crippen LogP contribution in [0.5, 0.6) is 11.8 Å². The number of ether oxygens (including phenoxy) is 2. The van der Waals surface area contributed by atoms with Crippen LogP contribution in [0.4, 0.5) is 0 Å². The average Bonchev–Trinajstić information content (AvgIpc) is 2.37. The van der Waals surface area contributed by atoms with Crippen molar-refractivity contribution in [2.24, 2.45) is 5.92 Å². The lowest BCUT2D eigenvalue weighted by Gasteiger charge is -2.18. The number of carboxylic acid groups (broad SMARTS) is 1. The van der Waals surface area contributed by atoms with Crippen molar-refractivity contribution < 1.29 is 19.4 Å². The smallest absolute Gasteiger partial charge is 0.314 e. The Kier molecular flexibility index (Phi) is 4.88. The van der Waals surface area contributed by atoms with E-state index in [1.807, 2.05) is 13.8 Å². The van der Waals surface area contributed by atoms with Crippen LogP contribution >= 0.6 is 0 Å². The predicted octanol–water partition coefficient (Wildman–Crippen LogP) is 1.71. The van der Waals surface area contributed by atoms with Crippen LogP contribution in [0.25, 0.3) is 0 Å². The summed E-state index contributed by atoms with van der Waals surface area (Å²) in [5.41, 5.74) is 0. The topological polar surface area (TPSA) is 81.5 Å². The van der Waals surface area contributed by atoms with Gasteiger partial charge in [0.25, 0.3) is 0 Å². The van der Waals surface area contributed by atoms with Crippen molar-refractivity contribution >= 4 is 5.97 Å². The maximum atomic E-state index is 11.3. The Morgan fingerprint density at radius 1 is 1.33 bits per heavy atom. The zero-order valence-electron chi connectivity index (χ0n) is 11.0. The standard InChI is InChI=1S/C12H18N2O4/c1-5-7(2)10(12(15)16)11-13-8(17-3)6-9(14-11)18-4/h6-7,10H,5H2,1-4H3,(H,15,16). The van der Waals surface area contributed by atoms with E-state index >= 15 is 0 Å². The molecule has 0 bridgehead atoms. The van der Waals surface area contributed by atoms with Crippen LogP contribution in [0.15, 0.2) is 6.07 Å². The first kappa shape index (κ1) is 14.2. The number of aromatic nitrogens is 2. The molecular formula is C12H18N2O4. The number of hydrogen-bond acceptors (Lipinski definition) is 5. The molecule has 18 heavy (non-hydrogen) atoms. The number of methoxy groups -OCH3 is 2. The van der Waals surface area contributed by atoms with Crippen molar-refractivity contribution in [3.05, 3.63) is 11.9 Å². The highest BCUT2D eigenvalue weighted by atomic mass is 16.5. The lowest BCUT2D eigenvalue weighted by Crippen LogP contribution is -2.22. The van der Waals surface area contributed by atoms with E-state index in [1.165, 1.54) is 20.3 Å². The molecule has 100 valence electrons. The number of hydrogen-bond donors (Lipinski definition) is 1. The number of nitrogens with zero attached hydrogens (tertiary/aromatic N) is 2. The number of rotatable bonds is 6. The van der Waals surface area contributed by atoms with Crippen molar-refractivity contribution in [1.29, 1.82) is 0 Å². The van der Waals surface area contributed by atoms with E-state index in [0.717, 1.165) is 6.42 Å². The maximum absolute atomic E-state index is 11.3. The van der Waals surface area contributed by atoms with Gasteiger partial charge in [0.2, 0.25) is 11.8 Å². The molecule has 6 heteroatoms. The van der Waals surface area contributed by atoms with E-state index in [0.29, 0.717) is 11.8 Å².